The molecule has 0 saturated heterocycles. The fourth-order valence-electron chi connectivity index (χ4n) is 0.385. The van der Waals surface area contributed by atoms with Gasteiger partial charge in [0.1, 0.15) is 0 Å². The minimum Gasteiger partial charge on any atom is -0.363 e. The molecule has 42 valence electrons. The number of nitrogens with zero attached hydrogens (tertiary/aromatic N) is 1. The molecule has 1 heterocycles. The van der Waals surface area contributed by atoms with Crippen molar-refractivity contribution in [2.75, 3.05) is 13.1 Å². The Hall–Kier alpha value is 0.550. The fourth-order valence-corrected chi connectivity index (χ4v) is 0.597. The van der Waals surface area contributed by atoms with Crippen molar-refractivity contribution >= 4 is 41.8 Å². The van der Waals surface area contributed by atoms with Crippen LogP contribution in [0.5, 0.6) is 0 Å². The molecular weight excluding hydrogens is 223 g/mol. The molecule has 1 N–H and O–H groups in total. The maximum Gasteiger partial charge on any atom is 0.153 e. The molecule has 0 bridgehead atoms. The van der Waals surface area contributed by atoms with Gasteiger partial charge in [0.2, 0.25) is 0 Å². The van der Waals surface area contributed by atoms with Crippen molar-refractivity contribution in [2.45, 2.75) is 0 Å². The largest absolute Gasteiger partial charge is 0.363 e. The Morgan fingerprint density at radius 1 is 1.71 bits per heavy atom. The number of halogens is 1. The lowest BCUT2D eigenvalue weighted by atomic mass is 10.7. The number of aliphatic imine (C=N–C) groups is 1. The average Bonchev–Trinajstić information content (AvgIpc) is 1.86. The summed E-state index contributed by atoms with van der Waals surface area (Å²) in [5.41, 5.74) is 0. The van der Waals surface area contributed by atoms with E-state index in [2.05, 4.69) is 22.9 Å². The standard InChI is InChI=1S/C3H6N2S.HI/c6-3-4-1-2-5-3;/h1-2H2,(H2,4,5,6);1H. The average molecular weight is 230 g/mol. The van der Waals surface area contributed by atoms with Crippen molar-refractivity contribution in [1.82, 2.24) is 5.32 Å². The van der Waals surface area contributed by atoms with Gasteiger partial charge in [0, 0.05) is 6.54 Å². The van der Waals surface area contributed by atoms with Gasteiger partial charge in [0.15, 0.2) is 5.17 Å². The van der Waals surface area contributed by atoms with Crippen molar-refractivity contribution in [3.8, 4) is 0 Å². The molecule has 4 heteroatoms. The lowest BCUT2D eigenvalue weighted by molar-refractivity contribution is 0.964. The first-order chi connectivity index (χ1) is 2.89. The van der Waals surface area contributed by atoms with E-state index >= 15 is 0 Å². The number of thiol groups is 1. The van der Waals surface area contributed by atoms with Crippen molar-refractivity contribution in [2.24, 2.45) is 4.99 Å². The smallest absolute Gasteiger partial charge is 0.153 e. The monoisotopic (exact) mass is 230 g/mol. The first kappa shape index (κ1) is 7.55. The van der Waals surface area contributed by atoms with E-state index in [-0.39, 0.29) is 24.0 Å². The SMILES string of the molecule is I.SC1=NCCN1. The molecular formula is C3H7IN2S. The molecule has 0 unspecified atom stereocenters. The minimum atomic E-state index is 0. The summed E-state index contributed by atoms with van der Waals surface area (Å²) >= 11 is 3.93. The zero-order valence-corrected chi connectivity index (χ0v) is 6.94. The number of amidine groups is 1. The van der Waals surface area contributed by atoms with Gasteiger partial charge in [-0.15, -0.1) is 36.6 Å². The second kappa shape index (κ2) is 3.54. The van der Waals surface area contributed by atoms with Crippen LogP contribution in [0.3, 0.4) is 0 Å². The highest BCUT2D eigenvalue weighted by Gasteiger charge is 1.94. The van der Waals surface area contributed by atoms with Gasteiger partial charge >= 0.3 is 0 Å². The normalized spacial score (nSPS) is 17.0. The molecule has 2 nitrogen and oxygen atoms in total. The van der Waals surface area contributed by atoms with Gasteiger partial charge in [0.25, 0.3) is 0 Å². The molecule has 7 heavy (non-hydrogen) atoms. The maximum absolute atomic E-state index is 3.93. The molecule has 1 rings (SSSR count). The third-order valence-electron chi connectivity index (χ3n) is 0.656. The molecule has 0 fully saturated rings. The third-order valence-corrected chi connectivity index (χ3v) is 0.956. The van der Waals surface area contributed by atoms with E-state index < -0.39 is 0 Å². The van der Waals surface area contributed by atoms with E-state index in [9.17, 15) is 0 Å². The van der Waals surface area contributed by atoms with E-state index in [1.54, 1.807) is 0 Å². The van der Waals surface area contributed by atoms with Crippen LogP contribution in [-0.4, -0.2) is 18.3 Å². The van der Waals surface area contributed by atoms with Crippen molar-refractivity contribution in [3.05, 3.63) is 0 Å². The summed E-state index contributed by atoms with van der Waals surface area (Å²) in [5.74, 6) is 0. The van der Waals surface area contributed by atoms with E-state index in [4.69, 9.17) is 0 Å². The van der Waals surface area contributed by atoms with Gasteiger partial charge in [-0.25, -0.2) is 0 Å². The Balaban J connectivity index is 0.000000360. The summed E-state index contributed by atoms with van der Waals surface area (Å²) in [4.78, 5) is 3.91. The highest BCUT2D eigenvalue weighted by Crippen LogP contribution is 1.85. The molecule has 1 aliphatic rings. The predicted octanol–water partition coefficient (Wildman–Crippen LogP) is 0.493. The van der Waals surface area contributed by atoms with Crippen LogP contribution >= 0.6 is 36.6 Å². The quantitative estimate of drug-likeness (QED) is 0.459. The van der Waals surface area contributed by atoms with Gasteiger partial charge < -0.3 is 5.32 Å². The van der Waals surface area contributed by atoms with Crippen molar-refractivity contribution in [1.29, 1.82) is 0 Å². The van der Waals surface area contributed by atoms with Crippen molar-refractivity contribution < 1.29 is 0 Å². The van der Waals surface area contributed by atoms with Crippen LogP contribution in [0.1, 0.15) is 0 Å². The van der Waals surface area contributed by atoms with Crippen LogP contribution in [-0.2, 0) is 0 Å². The molecule has 0 aromatic rings. The highest BCUT2D eigenvalue weighted by molar-refractivity contribution is 14.0. The van der Waals surface area contributed by atoms with Crippen LogP contribution in [0.4, 0.5) is 0 Å². The molecule has 0 saturated carbocycles. The van der Waals surface area contributed by atoms with Gasteiger partial charge in [-0.2, -0.15) is 0 Å². The summed E-state index contributed by atoms with van der Waals surface area (Å²) in [6, 6.07) is 0. The molecule has 0 aliphatic carbocycles. The minimum absolute atomic E-state index is 0. The Morgan fingerprint density at radius 3 is 2.57 bits per heavy atom. The van der Waals surface area contributed by atoms with Gasteiger partial charge in [-0.3, -0.25) is 4.99 Å². The van der Waals surface area contributed by atoms with Crippen molar-refractivity contribution in [3.63, 3.8) is 0 Å². The lowest BCUT2D eigenvalue weighted by Gasteiger charge is -1.84. The van der Waals surface area contributed by atoms with Gasteiger partial charge in [-0.1, -0.05) is 0 Å². The van der Waals surface area contributed by atoms with E-state index in [0.717, 1.165) is 18.3 Å². The maximum atomic E-state index is 3.93. The summed E-state index contributed by atoms with van der Waals surface area (Å²) in [5, 5.41) is 3.71. The Bertz CT molecular complexity index is 83.0. The molecule has 0 radical (unpaired) electrons. The number of rotatable bonds is 0. The van der Waals surface area contributed by atoms with Crippen LogP contribution < -0.4 is 5.32 Å². The van der Waals surface area contributed by atoms with E-state index in [1.165, 1.54) is 0 Å². The zero-order valence-electron chi connectivity index (χ0n) is 3.72. The van der Waals surface area contributed by atoms with E-state index in [0.29, 0.717) is 0 Å². The zero-order chi connectivity index (χ0) is 4.41. The number of nitrogens with one attached hydrogen (secondary N) is 1. The fraction of sp³-hybridized carbons (Fsp3) is 0.667. The first-order valence-corrected chi connectivity index (χ1v) is 2.31. The molecule has 0 spiro atoms. The summed E-state index contributed by atoms with van der Waals surface area (Å²) < 4.78 is 0. The number of hydrogen-bond donors (Lipinski definition) is 2. The summed E-state index contributed by atoms with van der Waals surface area (Å²) in [7, 11) is 0. The Labute approximate surface area is 65.2 Å². The third kappa shape index (κ3) is 2.38. The van der Waals surface area contributed by atoms with Crippen LogP contribution in [0, 0.1) is 0 Å². The molecule has 1 aliphatic heterocycles. The molecule has 0 amide bonds. The Morgan fingerprint density at radius 2 is 2.43 bits per heavy atom. The highest BCUT2D eigenvalue weighted by atomic mass is 127. The Kier molecular flexibility index (Phi) is 3.82. The molecule has 0 atom stereocenters. The lowest BCUT2D eigenvalue weighted by Crippen LogP contribution is -2.11. The van der Waals surface area contributed by atoms with Crippen LogP contribution in [0.15, 0.2) is 4.99 Å². The van der Waals surface area contributed by atoms with Crippen LogP contribution in [0.2, 0.25) is 0 Å². The van der Waals surface area contributed by atoms with E-state index in [1.807, 2.05) is 0 Å². The van der Waals surface area contributed by atoms with Crippen LogP contribution in [0.25, 0.3) is 0 Å². The second-order valence-corrected chi connectivity index (χ2v) is 1.56. The second-order valence-electron chi connectivity index (χ2n) is 1.13. The first-order valence-electron chi connectivity index (χ1n) is 1.87. The molecule has 0 aromatic carbocycles. The topological polar surface area (TPSA) is 24.4 Å². The number of hydrogen-bond acceptors (Lipinski definition) is 2. The van der Waals surface area contributed by atoms with Gasteiger partial charge in [-0.05, 0) is 0 Å². The predicted molar refractivity (Wildman–Crippen MR) is 44.7 cm³/mol. The summed E-state index contributed by atoms with van der Waals surface area (Å²) in [6.45, 7) is 1.84. The van der Waals surface area contributed by atoms with Gasteiger partial charge in [0.05, 0.1) is 6.54 Å². The summed E-state index contributed by atoms with van der Waals surface area (Å²) in [6.07, 6.45) is 0. The molecule has 0 aromatic heterocycles.